The molecule has 0 spiro atoms. The minimum absolute atomic E-state index is 0.284. The predicted octanol–water partition coefficient (Wildman–Crippen LogP) is 4.68. The summed E-state index contributed by atoms with van der Waals surface area (Å²) in [5, 5.41) is 2.28. The Balaban J connectivity index is 2.79. The lowest BCUT2D eigenvalue weighted by atomic mass is 10.1. The molecule has 0 saturated heterocycles. The van der Waals surface area contributed by atoms with E-state index in [1.165, 1.54) is 6.07 Å². The molecule has 0 fully saturated rings. The number of rotatable bonds is 0. The summed E-state index contributed by atoms with van der Waals surface area (Å²) in [7, 11) is 0. The maximum Gasteiger partial charge on any atom is 0.417 e. The summed E-state index contributed by atoms with van der Waals surface area (Å²) in [6, 6.07) is 4.19. The van der Waals surface area contributed by atoms with Crippen molar-refractivity contribution in [3.05, 3.63) is 33.6 Å². The maximum absolute atomic E-state index is 12.5. The molecule has 2 rings (SSSR count). The standard InChI is InChI=1S/C9H4BrF3S/c10-7-4-14-8-5(7)2-1-3-6(8)9(11,12)13/h1-4H. The van der Waals surface area contributed by atoms with Gasteiger partial charge >= 0.3 is 6.18 Å². The van der Waals surface area contributed by atoms with Gasteiger partial charge in [0.25, 0.3) is 0 Å². The lowest BCUT2D eigenvalue weighted by molar-refractivity contribution is -0.136. The molecule has 0 amide bonds. The summed E-state index contributed by atoms with van der Waals surface area (Å²) < 4.78 is 38.6. The maximum atomic E-state index is 12.5. The van der Waals surface area contributed by atoms with Gasteiger partial charge in [0.05, 0.1) is 5.56 Å². The van der Waals surface area contributed by atoms with E-state index in [9.17, 15) is 13.2 Å². The van der Waals surface area contributed by atoms with Crippen LogP contribution < -0.4 is 0 Å². The zero-order valence-corrected chi connectivity index (χ0v) is 9.13. The zero-order valence-electron chi connectivity index (χ0n) is 6.73. The summed E-state index contributed by atoms with van der Waals surface area (Å²) in [5.41, 5.74) is -0.564. The average molecular weight is 281 g/mol. The zero-order chi connectivity index (χ0) is 10.3. The highest BCUT2D eigenvalue weighted by Gasteiger charge is 2.33. The van der Waals surface area contributed by atoms with Gasteiger partial charge in [-0.15, -0.1) is 11.3 Å². The lowest BCUT2D eigenvalue weighted by Gasteiger charge is -2.06. The van der Waals surface area contributed by atoms with Crippen LogP contribution in [-0.2, 0) is 6.18 Å². The van der Waals surface area contributed by atoms with Crippen LogP contribution in [0.1, 0.15) is 5.56 Å². The smallest absolute Gasteiger partial charge is 0.166 e. The van der Waals surface area contributed by atoms with E-state index in [2.05, 4.69) is 15.9 Å². The molecule has 0 bridgehead atoms. The molecule has 0 atom stereocenters. The van der Waals surface area contributed by atoms with Crippen LogP contribution >= 0.6 is 27.3 Å². The van der Waals surface area contributed by atoms with Gasteiger partial charge in [-0.2, -0.15) is 13.2 Å². The number of thiophene rings is 1. The molecule has 0 N–H and O–H groups in total. The molecule has 1 heterocycles. The van der Waals surface area contributed by atoms with Crippen LogP contribution in [0, 0.1) is 0 Å². The first-order valence-corrected chi connectivity index (χ1v) is 5.40. The molecule has 0 aliphatic rings. The Labute approximate surface area is 90.5 Å². The second kappa shape index (κ2) is 3.24. The Morgan fingerprint density at radius 2 is 1.93 bits per heavy atom. The van der Waals surface area contributed by atoms with Crippen molar-refractivity contribution in [3.63, 3.8) is 0 Å². The van der Waals surface area contributed by atoms with E-state index in [1.807, 2.05) is 0 Å². The Hall–Kier alpha value is -0.550. The van der Waals surface area contributed by atoms with Crippen LogP contribution in [0.4, 0.5) is 13.2 Å². The molecule has 0 aliphatic carbocycles. The first-order valence-electron chi connectivity index (χ1n) is 3.73. The first kappa shape index (κ1) is 9.98. The topological polar surface area (TPSA) is 0 Å². The lowest BCUT2D eigenvalue weighted by Crippen LogP contribution is -2.04. The van der Waals surface area contributed by atoms with Crippen molar-refractivity contribution in [3.8, 4) is 0 Å². The second-order valence-electron chi connectivity index (χ2n) is 2.76. The fourth-order valence-electron chi connectivity index (χ4n) is 1.25. The molecule has 2 aromatic rings. The van der Waals surface area contributed by atoms with Gasteiger partial charge in [-0.25, -0.2) is 0 Å². The number of fused-ring (bicyclic) bond motifs is 1. The van der Waals surface area contributed by atoms with Crippen molar-refractivity contribution < 1.29 is 13.2 Å². The van der Waals surface area contributed by atoms with Crippen molar-refractivity contribution in [1.29, 1.82) is 0 Å². The van der Waals surface area contributed by atoms with Gasteiger partial charge in [0.15, 0.2) is 0 Å². The predicted molar refractivity (Wildman–Crippen MR) is 54.5 cm³/mol. The van der Waals surface area contributed by atoms with Gasteiger partial charge in [0, 0.05) is 19.9 Å². The van der Waals surface area contributed by atoms with Crippen molar-refractivity contribution in [2.24, 2.45) is 0 Å². The molecule has 0 unspecified atom stereocenters. The number of hydrogen-bond acceptors (Lipinski definition) is 1. The highest BCUT2D eigenvalue weighted by atomic mass is 79.9. The highest BCUT2D eigenvalue weighted by molar-refractivity contribution is 9.10. The molecule has 74 valence electrons. The molecule has 0 saturated carbocycles. The molecular formula is C9H4BrF3S. The highest BCUT2D eigenvalue weighted by Crippen LogP contribution is 2.40. The Bertz CT molecular complexity index is 472. The van der Waals surface area contributed by atoms with E-state index in [0.717, 1.165) is 17.4 Å². The third kappa shape index (κ3) is 1.54. The van der Waals surface area contributed by atoms with E-state index < -0.39 is 11.7 Å². The van der Waals surface area contributed by atoms with Crippen LogP contribution in [0.15, 0.2) is 28.1 Å². The van der Waals surface area contributed by atoms with E-state index >= 15 is 0 Å². The average Bonchev–Trinajstić information content (AvgIpc) is 2.46. The summed E-state index contributed by atoms with van der Waals surface area (Å²) >= 11 is 4.31. The quantitative estimate of drug-likeness (QED) is 0.657. The molecule has 1 aromatic carbocycles. The van der Waals surface area contributed by atoms with Crippen molar-refractivity contribution in [2.45, 2.75) is 6.18 Å². The Morgan fingerprint density at radius 1 is 1.21 bits per heavy atom. The fraction of sp³-hybridized carbons (Fsp3) is 0.111. The molecule has 5 heteroatoms. The molecule has 0 nitrogen and oxygen atoms in total. The van der Waals surface area contributed by atoms with Crippen LogP contribution in [0.3, 0.4) is 0 Å². The minimum Gasteiger partial charge on any atom is -0.166 e. The number of halogens is 4. The number of benzene rings is 1. The van der Waals surface area contributed by atoms with Crippen molar-refractivity contribution in [2.75, 3.05) is 0 Å². The van der Waals surface area contributed by atoms with E-state index in [1.54, 1.807) is 11.4 Å². The van der Waals surface area contributed by atoms with Gasteiger partial charge in [-0.1, -0.05) is 12.1 Å². The molecule has 0 aliphatic heterocycles. The van der Waals surface area contributed by atoms with Crippen molar-refractivity contribution >= 4 is 37.4 Å². The third-order valence-electron chi connectivity index (χ3n) is 1.86. The Kier molecular flexibility index (Phi) is 2.31. The SMILES string of the molecule is FC(F)(F)c1cccc2c(Br)csc12. The summed E-state index contributed by atoms with van der Waals surface area (Å²) in [6.45, 7) is 0. The van der Waals surface area contributed by atoms with Gasteiger partial charge in [-0.05, 0) is 22.0 Å². The van der Waals surface area contributed by atoms with Crippen molar-refractivity contribution in [1.82, 2.24) is 0 Å². The number of alkyl halides is 3. The number of hydrogen-bond donors (Lipinski definition) is 0. The largest absolute Gasteiger partial charge is 0.417 e. The third-order valence-corrected chi connectivity index (χ3v) is 3.85. The first-order chi connectivity index (χ1) is 6.50. The van der Waals surface area contributed by atoms with Crippen LogP contribution in [0.2, 0.25) is 0 Å². The van der Waals surface area contributed by atoms with E-state index in [-0.39, 0.29) is 4.70 Å². The summed E-state index contributed by atoms with van der Waals surface area (Å²) in [5.74, 6) is 0. The van der Waals surface area contributed by atoms with Gasteiger partial charge < -0.3 is 0 Å². The van der Waals surface area contributed by atoms with Gasteiger partial charge in [0.2, 0.25) is 0 Å². The van der Waals surface area contributed by atoms with Crippen LogP contribution in [0.5, 0.6) is 0 Å². The molecule has 14 heavy (non-hydrogen) atoms. The normalized spacial score (nSPS) is 12.3. The summed E-state index contributed by atoms with van der Waals surface area (Å²) in [4.78, 5) is 0. The molecule has 1 aromatic heterocycles. The minimum atomic E-state index is -4.27. The monoisotopic (exact) mass is 280 g/mol. The fourth-order valence-corrected chi connectivity index (χ4v) is 2.96. The molecular weight excluding hydrogens is 277 g/mol. The van der Waals surface area contributed by atoms with Crippen LogP contribution in [-0.4, -0.2) is 0 Å². The molecule has 0 radical (unpaired) electrons. The van der Waals surface area contributed by atoms with Gasteiger partial charge in [0.1, 0.15) is 0 Å². The van der Waals surface area contributed by atoms with Gasteiger partial charge in [-0.3, -0.25) is 0 Å². The van der Waals surface area contributed by atoms with E-state index in [0.29, 0.717) is 9.86 Å². The van der Waals surface area contributed by atoms with Crippen LogP contribution in [0.25, 0.3) is 10.1 Å². The summed E-state index contributed by atoms with van der Waals surface area (Å²) in [6.07, 6.45) is -4.27. The second-order valence-corrected chi connectivity index (χ2v) is 4.50. The Morgan fingerprint density at radius 3 is 2.57 bits per heavy atom. The van der Waals surface area contributed by atoms with E-state index in [4.69, 9.17) is 0 Å².